The van der Waals surface area contributed by atoms with Gasteiger partial charge in [0.15, 0.2) is 0 Å². The van der Waals surface area contributed by atoms with Gasteiger partial charge in [-0.3, -0.25) is 0 Å². The van der Waals surface area contributed by atoms with Crippen molar-refractivity contribution >= 4 is 0 Å². The smallest absolute Gasteiger partial charge is 0.124 e. The lowest BCUT2D eigenvalue weighted by molar-refractivity contribution is 0.560. The van der Waals surface area contributed by atoms with Crippen LogP contribution in [0.25, 0.3) is 0 Å². The SMILES string of the molecule is Fc1cccc(C#CC2=C3CCNC3CCC2)c1. The topological polar surface area (TPSA) is 12.0 Å². The third-order valence-electron chi connectivity index (χ3n) is 3.70. The molecule has 0 radical (unpaired) electrons. The van der Waals surface area contributed by atoms with E-state index in [-0.39, 0.29) is 5.82 Å². The third kappa shape index (κ3) is 2.32. The molecule has 1 heterocycles. The number of allylic oxidation sites excluding steroid dienone is 1. The molecule has 3 rings (SSSR count). The van der Waals surface area contributed by atoms with Gasteiger partial charge in [-0.15, -0.1) is 0 Å². The van der Waals surface area contributed by atoms with Gasteiger partial charge in [0.25, 0.3) is 0 Å². The number of fused-ring (bicyclic) bond motifs is 1. The summed E-state index contributed by atoms with van der Waals surface area (Å²) in [4.78, 5) is 0. The van der Waals surface area contributed by atoms with Crippen molar-refractivity contribution in [3.05, 3.63) is 46.8 Å². The van der Waals surface area contributed by atoms with Gasteiger partial charge in [0.1, 0.15) is 5.82 Å². The first-order chi connectivity index (χ1) is 8.83. The van der Waals surface area contributed by atoms with Gasteiger partial charge in [-0.05, 0) is 56.0 Å². The molecule has 1 aromatic carbocycles. The summed E-state index contributed by atoms with van der Waals surface area (Å²) < 4.78 is 13.1. The molecule has 0 aromatic heterocycles. The van der Waals surface area contributed by atoms with Crippen molar-refractivity contribution in [2.45, 2.75) is 31.7 Å². The van der Waals surface area contributed by atoms with Crippen LogP contribution >= 0.6 is 0 Å². The average Bonchev–Trinajstić information content (AvgIpc) is 2.85. The molecule has 1 N–H and O–H groups in total. The summed E-state index contributed by atoms with van der Waals surface area (Å²) in [5.41, 5.74) is 3.53. The summed E-state index contributed by atoms with van der Waals surface area (Å²) >= 11 is 0. The van der Waals surface area contributed by atoms with Gasteiger partial charge in [0, 0.05) is 17.2 Å². The summed E-state index contributed by atoms with van der Waals surface area (Å²) in [6.07, 6.45) is 4.64. The Labute approximate surface area is 107 Å². The monoisotopic (exact) mass is 241 g/mol. The first kappa shape index (κ1) is 11.5. The molecular weight excluding hydrogens is 225 g/mol. The van der Waals surface area contributed by atoms with Crippen LogP contribution in [0.1, 0.15) is 31.2 Å². The largest absolute Gasteiger partial charge is 0.310 e. The van der Waals surface area contributed by atoms with E-state index in [4.69, 9.17) is 0 Å². The van der Waals surface area contributed by atoms with E-state index in [1.165, 1.54) is 36.1 Å². The Hall–Kier alpha value is -1.59. The maximum atomic E-state index is 13.1. The molecule has 1 aliphatic heterocycles. The molecule has 92 valence electrons. The minimum atomic E-state index is -0.219. The Balaban J connectivity index is 1.88. The molecular formula is C16H16FN. The van der Waals surface area contributed by atoms with E-state index in [0.29, 0.717) is 6.04 Å². The molecule has 18 heavy (non-hydrogen) atoms. The van der Waals surface area contributed by atoms with Crippen LogP contribution in [0.15, 0.2) is 35.4 Å². The van der Waals surface area contributed by atoms with Crippen LogP contribution in [0.5, 0.6) is 0 Å². The Morgan fingerprint density at radius 2 is 2.17 bits per heavy atom. The third-order valence-corrected chi connectivity index (χ3v) is 3.70. The molecule has 0 saturated carbocycles. The van der Waals surface area contributed by atoms with E-state index in [0.717, 1.165) is 24.9 Å². The molecule has 0 amide bonds. The molecule has 1 saturated heterocycles. The average molecular weight is 241 g/mol. The Morgan fingerprint density at radius 1 is 1.22 bits per heavy atom. The maximum Gasteiger partial charge on any atom is 0.124 e. The molecule has 1 nitrogen and oxygen atoms in total. The van der Waals surface area contributed by atoms with E-state index in [1.807, 2.05) is 6.07 Å². The van der Waals surface area contributed by atoms with Gasteiger partial charge in [-0.1, -0.05) is 17.9 Å². The molecule has 1 unspecified atom stereocenters. The molecule has 0 bridgehead atoms. The minimum Gasteiger partial charge on any atom is -0.310 e. The summed E-state index contributed by atoms with van der Waals surface area (Å²) in [6, 6.07) is 7.05. The van der Waals surface area contributed by atoms with Crippen molar-refractivity contribution in [2.24, 2.45) is 0 Å². The lowest BCUT2D eigenvalue weighted by Gasteiger charge is -2.20. The molecule has 1 fully saturated rings. The normalized spacial score (nSPS) is 22.4. The minimum absolute atomic E-state index is 0.219. The van der Waals surface area contributed by atoms with E-state index in [1.54, 1.807) is 6.07 Å². The molecule has 1 atom stereocenters. The quantitative estimate of drug-likeness (QED) is 0.688. The van der Waals surface area contributed by atoms with Crippen LogP contribution in [0, 0.1) is 17.7 Å². The Bertz CT molecular complexity index is 548. The zero-order valence-electron chi connectivity index (χ0n) is 10.3. The fourth-order valence-electron chi connectivity index (χ4n) is 2.82. The molecule has 1 aliphatic carbocycles. The van der Waals surface area contributed by atoms with Crippen molar-refractivity contribution < 1.29 is 4.39 Å². The lowest BCUT2D eigenvalue weighted by atomic mass is 9.88. The molecule has 0 spiro atoms. The van der Waals surface area contributed by atoms with E-state index >= 15 is 0 Å². The number of nitrogens with one attached hydrogen (secondary N) is 1. The number of benzene rings is 1. The van der Waals surface area contributed by atoms with Crippen molar-refractivity contribution in [2.75, 3.05) is 6.54 Å². The van der Waals surface area contributed by atoms with Crippen molar-refractivity contribution in [1.82, 2.24) is 5.32 Å². The predicted octanol–water partition coefficient (Wildman–Crippen LogP) is 3.02. The van der Waals surface area contributed by atoms with Crippen LogP contribution in [-0.2, 0) is 0 Å². The highest BCUT2D eigenvalue weighted by Gasteiger charge is 2.25. The first-order valence-corrected chi connectivity index (χ1v) is 6.56. The summed E-state index contributed by atoms with van der Waals surface area (Å²) in [5, 5.41) is 3.51. The lowest BCUT2D eigenvalue weighted by Crippen LogP contribution is -2.25. The van der Waals surface area contributed by atoms with Gasteiger partial charge < -0.3 is 5.32 Å². The summed E-state index contributed by atoms with van der Waals surface area (Å²) in [7, 11) is 0. The molecule has 1 aromatic rings. The van der Waals surface area contributed by atoms with Crippen LogP contribution in [-0.4, -0.2) is 12.6 Å². The number of halogens is 1. The second-order valence-electron chi connectivity index (χ2n) is 4.91. The standard InChI is InChI=1S/C16H16FN/c17-14-5-1-3-12(11-14)7-8-13-4-2-6-16-15(13)9-10-18-16/h1,3,5,11,16,18H,2,4,6,9-10H2. The predicted molar refractivity (Wildman–Crippen MR) is 70.6 cm³/mol. The Kier molecular flexibility index (Phi) is 3.17. The van der Waals surface area contributed by atoms with Gasteiger partial charge in [-0.25, -0.2) is 4.39 Å². The van der Waals surface area contributed by atoms with Crippen molar-refractivity contribution in [3.8, 4) is 11.8 Å². The van der Waals surface area contributed by atoms with Gasteiger partial charge >= 0.3 is 0 Å². The highest BCUT2D eigenvalue weighted by molar-refractivity contribution is 5.45. The first-order valence-electron chi connectivity index (χ1n) is 6.56. The maximum absolute atomic E-state index is 13.1. The molecule has 2 heteroatoms. The van der Waals surface area contributed by atoms with Crippen molar-refractivity contribution in [3.63, 3.8) is 0 Å². The van der Waals surface area contributed by atoms with Gasteiger partial charge in [0.05, 0.1) is 0 Å². The summed E-state index contributed by atoms with van der Waals surface area (Å²) in [5.74, 6) is 6.13. The van der Waals surface area contributed by atoms with Gasteiger partial charge in [-0.2, -0.15) is 0 Å². The zero-order valence-corrected chi connectivity index (χ0v) is 10.3. The van der Waals surface area contributed by atoms with Gasteiger partial charge in [0.2, 0.25) is 0 Å². The highest BCUT2D eigenvalue weighted by Crippen LogP contribution is 2.30. The Morgan fingerprint density at radius 3 is 3.06 bits per heavy atom. The van der Waals surface area contributed by atoms with E-state index in [2.05, 4.69) is 17.2 Å². The highest BCUT2D eigenvalue weighted by atomic mass is 19.1. The second kappa shape index (κ2) is 4.96. The van der Waals surface area contributed by atoms with E-state index in [9.17, 15) is 4.39 Å². The van der Waals surface area contributed by atoms with Crippen LogP contribution in [0.3, 0.4) is 0 Å². The fourth-order valence-corrected chi connectivity index (χ4v) is 2.82. The van der Waals surface area contributed by atoms with E-state index < -0.39 is 0 Å². The second-order valence-corrected chi connectivity index (χ2v) is 4.91. The van der Waals surface area contributed by atoms with Crippen LogP contribution in [0.2, 0.25) is 0 Å². The molecule has 2 aliphatic rings. The van der Waals surface area contributed by atoms with Crippen LogP contribution in [0.4, 0.5) is 4.39 Å². The number of hydrogen-bond acceptors (Lipinski definition) is 1. The number of rotatable bonds is 0. The summed E-state index contributed by atoms with van der Waals surface area (Å²) in [6.45, 7) is 1.07. The fraction of sp³-hybridized carbons (Fsp3) is 0.375. The van der Waals surface area contributed by atoms with Crippen molar-refractivity contribution in [1.29, 1.82) is 0 Å². The number of hydrogen-bond donors (Lipinski definition) is 1. The zero-order chi connectivity index (χ0) is 12.4. The van der Waals surface area contributed by atoms with Crippen LogP contribution < -0.4 is 5.32 Å².